The molecule has 0 aliphatic rings. The zero-order valence-electron chi connectivity index (χ0n) is 12.1. The number of hydrogen-bond acceptors (Lipinski definition) is 2. The molecule has 2 nitrogen and oxygen atoms in total. The molecule has 1 atom stereocenters. The molecule has 0 saturated carbocycles. The number of unbranched alkanes of at least 4 members (excludes halogenated alkanes) is 4. The molecule has 1 aromatic carbocycles. The van der Waals surface area contributed by atoms with Crippen LogP contribution in [0.2, 0.25) is 0 Å². The molecule has 0 bridgehead atoms. The van der Waals surface area contributed by atoms with Crippen molar-refractivity contribution in [3.8, 4) is 0 Å². The molecule has 0 spiro atoms. The van der Waals surface area contributed by atoms with E-state index in [1.807, 2.05) is 6.92 Å². The Hall–Kier alpha value is -1.09. The molecule has 0 heterocycles. The summed E-state index contributed by atoms with van der Waals surface area (Å²) >= 11 is 0. The predicted octanol–water partition coefficient (Wildman–Crippen LogP) is 4.35. The Balaban J connectivity index is 2.43. The van der Waals surface area contributed by atoms with Crippen molar-refractivity contribution in [1.82, 2.24) is 0 Å². The number of aliphatic hydroxyl groups is 1. The van der Waals surface area contributed by atoms with Crippen molar-refractivity contribution in [2.24, 2.45) is 0 Å². The van der Waals surface area contributed by atoms with Crippen molar-refractivity contribution in [1.29, 1.82) is 0 Å². The number of benzene rings is 1. The fraction of sp³-hybridized carbons (Fsp3) is 0.625. The van der Waals surface area contributed by atoms with Crippen LogP contribution >= 0.6 is 0 Å². The van der Waals surface area contributed by atoms with E-state index >= 15 is 0 Å². The number of nitrogens with one attached hydrogen (secondary N) is 1. The van der Waals surface area contributed by atoms with Crippen LogP contribution in [0, 0.1) is 5.82 Å². The Labute approximate surface area is 116 Å². The van der Waals surface area contributed by atoms with Crippen molar-refractivity contribution >= 4 is 5.69 Å². The van der Waals surface area contributed by atoms with E-state index in [0.29, 0.717) is 0 Å². The van der Waals surface area contributed by atoms with E-state index in [4.69, 9.17) is 0 Å². The van der Waals surface area contributed by atoms with Crippen molar-refractivity contribution < 1.29 is 9.50 Å². The fourth-order valence-corrected chi connectivity index (χ4v) is 2.18. The van der Waals surface area contributed by atoms with Gasteiger partial charge in [0.25, 0.3) is 0 Å². The van der Waals surface area contributed by atoms with Gasteiger partial charge in [0.1, 0.15) is 5.82 Å². The van der Waals surface area contributed by atoms with Gasteiger partial charge in [-0.1, -0.05) is 39.0 Å². The highest BCUT2D eigenvalue weighted by molar-refractivity contribution is 5.45. The molecule has 0 fully saturated rings. The summed E-state index contributed by atoms with van der Waals surface area (Å²) < 4.78 is 12.8. The first-order valence-electron chi connectivity index (χ1n) is 7.24. The van der Waals surface area contributed by atoms with Gasteiger partial charge in [0.15, 0.2) is 0 Å². The standard InChI is InChI=1S/C16H26FNO/c1-3-4-5-6-7-12-16(2,13-19)18-15-10-8-14(17)9-11-15/h8-11,18-19H,3-7,12-13H2,1-2H3. The van der Waals surface area contributed by atoms with Crippen LogP contribution in [0.5, 0.6) is 0 Å². The average molecular weight is 267 g/mol. The second-order valence-electron chi connectivity index (χ2n) is 5.51. The summed E-state index contributed by atoms with van der Waals surface area (Å²) in [6, 6.07) is 6.28. The summed E-state index contributed by atoms with van der Waals surface area (Å²) in [5.74, 6) is -0.240. The van der Waals surface area contributed by atoms with Gasteiger partial charge < -0.3 is 10.4 Å². The maximum atomic E-state index is 12.8. The molecule has 3 heteroatoms. The Kier molecular flexibility index (Phi) is 6.85. The van der Waals surface area contributed by atoms with Crippen LogP contribution in [0.25, 0.3) is 0 Å². The largest absolute Gasteiger partial charge is 0.394 e. The van der Waals surface area contributed by atoms with Crippen LogP contribution in [0.4, 0.5) is 10.1 Å². The maximum absolute atomic E-state index is 12.8. The number of aliphatic hydroxyl groups excluding tert-OH is 1. The minimum atomic E-state index is -0.329. The Morgan fingerprint density at radius 2 is 1.74 bits per heavy atom. The molecule has 0 aliphatic carbocycles. The second kappa shape index (κ2) is 8.16. The normalized spacial score (nSPS) is 14.1. The van der Waals surface area contributed by atoms with Crippen molar-refractivity contribution in [2.45, 2.75) is 57.9 Å². The third-order valence-electron chi connectivity index (χ3n) is 3.47. The predicted molar refractivity (Wildman–Crippen MR) is 78.9 cm³/mol. The first-order valence-corrected chi connectivity index (χ1v) is 7.24. The Morgan fingerprint density at radius 3 is 2.32 bits per heavy atom. The highest BCUT2D eigenvalue weighted by Gasteiger charge is 2.22. The van der Waals surface area contributed by atoms with Gasteiger partial charge in [0, 0.05) is 5.69 Å². The summed E-state index contributed by atoms with van der Waals surface area (Å²) in [7, 11) is 0. The number of hydrogen-bond donors (Lipinski definition) is 2. The molecule has 1 rings (SSSR count). The van der Waals surface area contributed by atoms with Gasteiger partial charge >= 0.3 is 0 Å². The van der Waals surface area contributed by atoms with Crippen LogP contribution in [-0.2, 0) is 0 Å². The molecular formula is C16H26FNO. The van der Waals surface area contributed by atoms with Crippen LogP contribution in [0.3, 0.4) is 0 Å². The van der Waals surface area contributed by atoms with Gasteiger partial charge in [-0.05, 0) is 37.6 Å². The number of halogens is 1. The quantitative estimate of drug-likeness (QED) is 0.652. The third kappa shape index (κ3) is 6.06. The third-order valence-corrected chi connectivity index (χ3v) is 3.47. The highest BCUT2D eigenvalue weighted by Crippen LogP contribution is 2.21. The SMILES string of the molecule is CCCCCCCC(C)(CO)Nc1ccc(F)cc1. The molecule has 1 aromatic rings. The monoisotopic (exact) mass is 267 g/mol. The first-order chi connectivity index (χ1) is 9.09. The molecule has 0 aliphatic heterocycles. The zero-order chi connectivity index (χ0) is 14.1. The first kappa shape index (κ1) is 16.0. The van der Waals surface area contributed by atoms with E-state index < -0.39 is 0 Å². The van der Waals surface area contributed by atoms with Crippen LogP contribution in [-0.4, -0.2) is 17.3 Å². The average Bonchev–Trinajstić information content (AvgIpc) is 2.41. The maximum Gasteiger partial charge on any atom is 0.123 e. The van der Waals surface area contributed by atoms with Crippen molar-refractivity contribution in [3.05, 3.63) is 30.1 Å². The van der Waals surface area contributed by atoms with Gasteiger partial charge in [-0.3, -0.25) is 0 Å². The molecule has 0 aromatic heterocycles. The molecule has 0 saturated heterocycles. The number of rotatable bonds is 9. The topological polar surface area (TPSA) is 32.3 Å². The fourth-order valence-electron chi connectivity index (χ4n) is 2.18. The molecule has 0 amide bonds. The van der Waals surface area contributed by atoms with Gasteiger partial charge in [0.05, 0.1) is 12.1 Å². The van der Waals surface area contributed by atoms with E-state index in [-0.39, 0.29) is 18.0 Å². The van der Waals surface area contributed by atoms with Gasteiger partial charge in [-0.25, -0.2) is 4.39 Å². The minimum absolute atomic E-state index is 0.0815. The van der Waals surface area contributed by atoms with E-state index in [9.17, 15) is 9.50 Å². The van der Waals surface area contributed by atoms with E-state index in [1.54, 1.807) is 12.1 Å². The second-order valence-corrected chi connectivity index (χ2v) is 5.51. The summed E-state index contributed by atoms with van der Waals surface area (Å²) in [5, 5.41) is 12.9. The summed E-state index contributed by atoms with van der Waals surface area (Å²) in [5.41, 5.74) is 0.524. The lowest BCUT2D eigenvalue weighted by Gasteiger charge is -2.30. The molecule has 108 valence electrons. The van der Waals surface area contributed by atoms with Crippen LogP contribution in [0.15, 0.2) is 24.3 Å². The van der Waals surface area contributed by atoms with Crippen LogP contribution in [0.1, 0.15) is 52.4 Å². The lowest BCUT2D eigenvalue weighted by Crippen LogP contribution is -2.38. The Morgan fingerprint density at radius 1 is 1.11 bits per heavy atom. The summed E-state index contributed by atoms with van der Waals surface area (Å²) in [6.45, 7) is 4.29. The smallest absolute Gasteiger partial charge is 0.123 e. The zero-order valence-corrected chi connectivity index (χ0v) is 12.1. The lowest BCUT2D eigenvalue weighted by atomic mass is 9.94. The molecule has 19 heavy (non-hydrogen) atoms. The minimum Gasteiger partial charge on any atom is -0.394 e. The molecule has 0 radical (unpaired) electrons. The van der Waals surface area contributed by atoms with Crippen molar-refractivity contribution in [3.63, 3.8) is 0 Å². The van der Waals surface area contributed by atoms with Crippen LogP contribution < -0.4 is 5.32 Å². The molecule has 1 unspecified atom stereocenters. The highest BCUT2D eigenvalue weighted by atomic mass is 19.1. The molecular weight excluding hydrogens is 241 g/mol. The van der Waals surface area contributed by atoms with Gasteiger partial charge in [-0.2, -0.15) is 0 Å². The summed E-state index contributed by atoms with van der Waals surface area (Å²) in [4.78, 5) is 0. The number of anilines is 1. The van der Waals surface area contributed by atoms with E-state index in [1.165, 1.54) is 37.8 Å². The van der Waals surface area contributed by atoms with E-state index in [2.05, 4.69) is 12.2 Å². The van der Waals surface area contributed by atoms with E-state index in [0.717, 1.165) is 18.5 Å². The Bertz CT molecular complexity index is 352. The van der Waals surface area contributed by atoms with Crippen molar-refractivity contribution in [2.75, 3.05) is 11.9 Å². The summed E-state index contributed by atoms with van der Waals surface area (Å²) in [6.07, 6.45) is 7.01. The van der Waals surface area contributed by atoms with Gasteiger partial charge in [-0.15, -0.1) is 0 Å². The lowest BCUT2D eigenvalue weighted by molar-refractivity contribution is 0.211. The molecule has 2 N–H and O–H groups in total. The van der Waals surface area contributed by atoms with Gasteiger partial charge in [0.2, 0.25) is 0 Å².